The number of aromatic nitrogens is 3. The van der Waals surface area contributed by atoms with Gasteiger partial charge in [0.25, 0.3) is 0 Å². The molecule has 0 aliphatic carbocycles. The minimum absolute atomic E-state index is 0. The van der Waals surface area contributed by atoms with Crippen molar-refractivity contribution in [2.24, 2.45) is 12.0 Å². The number of thiazole rings is 1. The number of rotatable bonds is 6. The first-order valence-electron chi connectivity index (χ1n) is 8.14. The molecular weight excluding hydrogens is 537 g/mol. The Balaban J connectivity index is 0.00000420. The molecule has 2 heterocycles. The van der Waals surface area contributed by atoms with E-state index in [1.165, 1.54) is 13.2 Å². The number of aryl methyl sites for hydroxylation is 1. The van der Waals surface area contributed by atoms with E-state index in [1.807, 2.05) is 0 Å². The van der Waals surface area contributed by atoms with Gasteiger partial charge in [-0.25, -0.2) is 9.98 Å². The number of nitrogens with one attached hydrogen (secondary N) is 2. The van der Waals surface area contributed by atoms with Crippen LogP contribution in [-0.2, 0) is 32.4 Å². The summed E-state index contributed by atoms with van der Waals surface area (Å²) in [6.45, 7) is 2.20. The zero-order chi connectivity index (χ0) is 20.9. The predicted octanol–water partition coefficient (Wildman–Crippen LogP) is 3.83. The molecule has 0 aromatic carbocycles. The maximum atomic E-state index is 13.0. The van der Waals surface area contributed by atoms with E-state index in [-0.39, 0.29) is 55.0 Å². The van der Waals surface area contributed by atoms with Gasteiger partial charge >= 0.3 is 12.4 Å². The first-order valence-corrected chi connectivity index (χ1v) is 9.02. The summed E-state index contributed by atoms with van der Waals surface area (Å²) in [5.41, 5.74) is -2.02. The van der Waals surface area contributed by atoms with Crippen LogP contribution < -0.4 is 10.6 Å². The smallest absolute Gasteiger partial charge is 0.357 e. The quantitative estimate of drug-likeness (QED) is 0.246. The van der Waals surface area contributed by atoms with Gasteiger partial charge in [0.15, 0.2) is 17.3 Å². The largest absolute Gasteiger partial charge is 0.435 e. The van der Waals surface area contributed by atoms with Crippen molar-refractivity contribution < 1.29 is 26.3 Å². The number of hydrogen-bond acceptors (Lipinski definition) is 4. The Morgan fingerprint density at radius 1 is 1.17 bits per heavy atom. The Bertz CT molecular complexity index is 813. The van der Waals surface area contributed by atoms with Crippen LogP contribution >= 0.6 is 35.3 Å². The van der Waals surface area contributed by atoms with Crippen LogP contribution in [0.4, 0.5) is 26.3 Å². The fraction of sp³-hybridized carbons (Fsp3) is 0.533. The Morgan fingerprint density at radius 2 is 1.86 bits per heavy atom. The fourth-order valence-electron chi connectivity index (χ4n) is 2.24. The molecule has 0 bridgehead atoms. The van der Waals surface area contributed by atoms with Crippen LogP contribution in [0, 0.1) is 0 Å². The first-order chi connectivity index (χ1) is 13.0. The van der Waals surface area contributed by atoms with Crippen molar-refractivity contribution in [3.63, 3.8) is 0 Å². The molecule has 29 heavy (non-hydrogen) atoms. The molecule has 0 saturated carbocycles. The van der Waals surface area contributed by atoms with Crippen LogP contribution in [0.25, 0.3) is 0 Å². The lowest BCUT2D eigenvalue weighted by Gasteiger charge is -2.11. The molecule has 0 radical (unpaired) electrons. The average Bonchev–Trinajstić information content (AvgIpc) is 3.18. The van der Waals surface area contributed by atoms with Crippen molar-refractivity contribution in [2.75, 3.05) is 13.1 Å². The highest BCUT2D eigenvalue weighted by molar-refractivity contribution is 14.0. The van der Waals surface area contributed by atoms with Crippen LogP contribution in [0.15, 0.2) is 16.6 Å². The summed E-state index contributed by atoms with van der Waals surface area (Å²) in [5, 5.41) is 10.4. The number of nitrogens with zero attached hydrogens (tertiary/aromatic N) is 4. The van der Waals surface area contributed by atoms with Gasteiger partial charge in [0.1, 0.15) is 0 Å². The van der Waals surface area contributed by atoms with Crippen LogP contribution in [-0.4, -0.2) is 33.8 Å². The highest BCUT2D eigenvalue weighted by atomic mass is 127. The molecule has 2 N–H and O–H groups in total. The third-order valence-electron chi connectivity index (χ3n) is 3.40. The lowest BCUT2D eigenvalue weighted by Crippen LogP contribution is -2.38. The lowest BCUT2D eigenvalue weighted by atomic mass is 10.2. The van der Waals surface area contributed by atoms with Gasteiger partial charge in [0, 0.05) is 43.7 Å². The SMILES string of the molecule is CCNC(=NCc1cn(C)nc1C(F)(F)F)NCCc1nc(C(F)(F)F)cs1.I. The topological polar surface area (TPSA) is 67.1 Å². The summed E-state index contributed by atoms with van der Waals surface area (Å²) in [5.74, 6) is 0.243. The van der Waals surface area contributed by atoms with E-state index in [9.17, 15) is 26.3 Å². The average molecular weight is 556 g/mol. The van der Waals surface area contributed by atoms with Crippen LogP contribution in [0.3, 0.4) is 0 Å². The molecule has 0 aliphatic rings. The molecule has 0 amide bonds. The lowest BCUT2D eigenvalue weighted by molar-refractivity contribution is -0.142. The Morgan fingerprint density at radius 3 is 2.41 bits per heavy atom. The van der Waals surface area contributed by atoms with E-state index >= 15 is 0 Å². The molecule has 0 fully saturated rings. The summed E-state index contributed by atoms with van der Waals surface area (Å²) in [4.78, 5) is 7.61. The maximum Gasteiger partial charge on any atom is 0.435 e. The standard InChI is InChI=1S/C15H18F6N6S.HI/c1-3-22-13(23-5-4-11-25-10(8-28-11)14(16,17)18)24-6-9-7-27(2)26-12(9)15(19,20)21;/h7-8H,3-6H2,1-2H3,(H2,22,23,24);1H. The van der Waals surface area contributed by atoms with E-state index < -0.39 is 23.7 Å². The van der Waals surface area contributed by atoms with E-state index in [0.717, 1.165) is 21.4 Å². The van der Waals surface area contributed by atoms with Gasteiger partial charge in [-0.05, 0) is 6.92 Å². The van der Waals surface area contributed by atoms with Gasteiger partial charge in [-0.2, -0.15) is 31.4 Å². The molecule has 164 valence electrons. The number of aliphatic imine (C=N–C) groups is 1. The van der Waals surface area contributed by atoms with E-state index in [2.05, 4.69) is 25.7 Å². The number of halogens is 7. The van der Waals surface area contributed by atoms with Gasteiger partial charge in [-0.15, -0.1) is 35.3 Å². The molecule has 0 spiro atoms. The highest BCUT2D eigenvalue weighted by Crippen LogP contribution is 2.31. The van der Waals surface area contributed by atoms with Crippen molar-refractivity contribution in [3.05, 3.63) is 33.5 Å². The second-order valence-electron chi connectivity index (χ2n) is 5.67. The molecule has 2 aromatic rings. The van der Waals surface area contributed by atoms with Gasteiger partial charge in [0.2, 0.25) is 0 Å². The van der Waals surface area contributed by atoms with Gasteiger partial charge < -0.3 is 10.6 Å². The Labute approximate surface area is 183 Å². The Hall–Kier alpha value is -1.58. The zero-order valence-corrected chi connectivity index (χ0v) is 18.5. The minimum atomic E-state index is -4.58. The van der Waals surface area contributed by atoms with Crippen LogP contribution in [0.5, 0.6) is 0 Å². The number of hydrogen-bond donors (Lipinski definition) is 2. The van der Waals surface area contributed by atoms with Crippen molar-refractivity contribution in [1.29, 1.82) is 0 Å². The number of alkyl halides is 6. The molecule has 0 saturated heterocycles. The monoisotopic (exact) mass is 556 g/mol. The summed E-state index contributed by atoms with van der Waals surface area (Å²) < 4.78 is 77.6. The number of guanidine groups is 1. The molecule has 0 aliphatic heterocycles. The fourth-order valence-corrected chi connectivity index (χ4v) is 3.05. The molecule has 0 unspecified atom stereocenters. The molecular formula is C15H19F6IN6S. The second-order valence-corrected chi connectivity index (χ2v) is 6.61. The summed E-state index contributed by atoms with van der Waals surface area (Å²) in [6, 6.07) is 0. The van der Waals surface area contributed by atoms with E-state index in [1.54, 1.807) is 6.92 Å². The van der Waals surface area contributed by atoms with Crippen molar-refractivity contribution in [3.8, 4) is 0 Å². The third kappa shape index (κ3) is 7.64. The molecule has 0 atom stereocenters. The van der Waals surface area contributed by atoms with Crippen molar-refractivity contribution >= 4 is 41.3 Å². The highest BCUT2D eigenvalue weighted by Gasteiger charge is 2.36. The summed E-state index contributed by atoms with van der Waals surface area (Å²) in [6.07, 6.45) is -7.62. The van der Waals surface area contributed by atoms with E-state index in [4.69, 9.17) is 0 Å². The molecule has 14 heteroatoms. The van der Waals surface area contributed by atoms with Gasteiger partial charge in [-0.1, -0.05) is 0 Å². The van der Waals surface area contributed by atoms with Crippen molar-refractivity contribution in [2.45, 2.75) is 32.2 Å². The zero-order valence-electron chi connectivity index (χ0n) is 15.4. The molecule has 2 rings (SSSR count). The van der Waals surface area contributed by atoms with Gasteiger partial charge in [-0.3, -0.25) is 4.68 Å². The third-order valence-corrected chi connectivity index (χ3v) is 4.31. The summed E-state index contributed by atoms with van der Waals surface area (Å²) in [7, 11) is 1.38. The first kappa shape index (κ1) is 25.5. The minimum Gasteiger partial charge on any atom is -0.357 e. The maximum absolute atomic E-state index is 13.0. The normalized spacial score (nSPS) is 12.6. The van der Waals surface area contributed by atoms with Crippen LogP contribution in [0.2, 0.25) is 0 Å². The predicted molar refractivity (Wildman–Crippen MR) is 107 cm³/mol. The van der Waals surface area contributed by atoms with Crippen molar-refractivity contribution in [1.82, 2.24) is 25.4 Å². The second kappa shape index (κ2) is 10.4. The Kier molecular flexibility index (Phi) is 9.17. The van der Waals surface area contributed by atoms with Crippen LogP contribution in [0.1, 0.15) is 28.9 Å². The summed E-state index contributed by atoms with van der Waals surface area (Å²) >= 11 is 0.892. The molecule has 6 nitrogen and oxygen atoms in total. The molecule has 2 aromatic heterocycles. The van der Waals surface area contributed by atoms with E-state index in [0.29, 0.717) is 11.6 Å². The van der Waals surface area contributed by atoms with Gasteiger partial charge in [0.05, 0.1) is 11.6 Å².